The molecule has 3 nitrogen and oxygen atoms in total. The maximum absolute atomic E-state index is 12.1. The average molecular weight is 329 g/mol. The second-order valence-corrected chi connectivity index (χ2v) is 7.95. The monoisotopic (exact) mass is 328 g/mol. The maximum atomic E-state index is 12.1. The van der Waals surface area contributed by atoms with Crippen LogP contribution in [0.4, 0.5) is 0 Å². The number of amides is 1. The second kappa shape index (κ2) is 6.60. The molecule has 0 bridgehead atoms. The van der Waals surface area contributed by atoms with Gasteiger partial charge in [0.2, 0.25) is 5.91 Å². The zero-order chi connectivity index (χ0) is 13.9. The van der Waals surface area contributed by atoms with Gasteiger partial charge in [-0.25, -0.2) is 0 Å². The standard InChI is InChI=1S/C14H17ClN2OS2/c15-11-3-1-2-10(6-11)14-16-7-13(18)17(14)8-12-9-19-4-5-20-12/h1-3,6,12,14,16H,4-5,7-9H2. The van der Waals surface area contributed by atoms with Gasteiger partial charge >= 0.3 is 0 Å². The van der Waals surface area contributed by atoms with Gasteiger partial charge in [-0.05, 0) is 17.7 Å². The highest BCUT2D eigenvalue weighted by Crippen LogP contribution is 2.29. The molecule has 0 spiro atoms. The fourth-order valence-corrected chi connectivity index (χ4v) is 5.45. The number of nitrogens with one attached hydrogen (secondary N) is 1. The van der Waals surface area contributed by atoms with Gasteiger partial charge in [-0.1, -0.05) is 23.7 Å². The topological polar surface area (TPSA) is 32.3 Å². The Balaban J connectivity index is 1.74. The summed E-state index contributed by atoms with van der Waals surface area (Å²) in [7, 11) is 0. The van der Waals surface area contributed by atoms with Crippen LogP contribution in [-0.4, -0.2) is 46.4 Å². The normalized spacial score (nSPS) is 27.1. The molecule has 1 amide bonds. The number of benzene rings is 1. The molecule has 2 aliphatic heterocycles. The lowest BCUT2D eigenvalue weighted by atomic mass is 10.1. The van der Waals surface area contributed by atoms with Gasteiger partial charge < -0.3 is 4.90 Å². The van der Waals surface area contributed by atoms with Crippen molar-refractivity contribution in [2.24, 2.45) is 0 Å². The molecule has 3 rings (SSSR count). The van der Waals surface area contributed by atoms with Crippen molar-refractivity contribution in [3.63, 3.8) is 0 Å². The molecule has 20 heavy (non-hydrogen) atoms. The summed E-state index contributed by atoms with van der Waals surface area (Å²) in [6.07, 6.45) is -0.0336. The van der Waals surface area contributed by atoms with Crippen molar-refractivity contribution in [1.82, 2.24) is 10.2 Å². The highest BCUT2D eigenvalue weighted by molar-refractivity contribution is 8.06. The smallest absolute Gasteiger partial charge is 0.238 e. The van der Waals surface area contributed by atoms with E-state index in [-0.39, 0.29) is 12.1 Å². The van der Waals surface area contributed by atoms with Crippen LogP contribution in [0.1, 0.15) is 11.7 Å². The highest BCUT2D eigenvalue weighted by Gasteiger charge is 2.33. The summed E-state index contributed by atoms with van der Waals surface area (Å²) in [5, 5.41) is 4.55. The molecular formula is C14H17ClN2OS2. The third-order valence-electron chi connectivity index (χ3n) is 3.53. The minimum Gasteiger partial charge on any atom is -0.321 e. The lowest BCUT2D eigenvalue weighted by molar-refractivity contribution is -0.128. The first-order valence-corrected chi connectivity index (χ1v) is 9.30. The fraction of sp³-hybridized carbons (Fsp3) is 0.500. The molecular weight excluding hydrogens is 312 g/mol. The Morgan fingerprint density at radius 2 is 2.30 bits per heavy atom. The van der Waals surface area contributed by atoms with Crippen LogP contribution in [0.3, 0.4) is 0 Å². The van der Waals surface area contributed by atoms with Crippen molar-refractivity contribution in [3.8, 4) is 0 Å². The van der Waals surface area contributed by atoms with Crippen molar-refractivity contribution in [2.45, 2.75) is 11.4 Å². The van der Waals surface area contributed by atoms with Crippen molar-refractivity contribution >= 4 is 41.0 Å². The fourth-order valence-electron chi connectivity index (χ4n) is 2.58. The molecule has 0 aliphatic carbocycles. The molecule has 0 saturated carbocycles. The first-order valence-electron chi connectivity index (χ1n) is 6.72. The van der Waals surface area contributed by atoms with Crippen LogP contribution in [0.2, 0.25) is 5.02 Å². The highest BCUT2D eigenvalue weighted by atomic mass is 35.5. The van der Waals surface area contributed by atoms with E-state index in [0.717, 1.165) is 17.9 Å². The van der Waals surface area contributed by atoms with E-state index in [1.165, 1.54) is 11.5 Å². The Morgan fingerprint density at radius 1 is 1.40 bits per heavy atom. The van der Waals surface area contributed by atoms with Crippen LogP contribution in [0.5, 0.6) is 0 Å². The van der Waals surface area contributed by atoms with E-state index in [2.05, 4.69) is 5.32 Å². The molecule has 0 radical (unpaired) electrons. The number of hydrogen-bond donors (Lipinski definition) is 1. The number of halogens is 1. The van der Waals surface area contributed by atoms with E-state index in [9.17, 15) is 4.79 Å². The first kappa shape index (κ1) is 14.6. The van der Waals surface area contributed by atoms with Gasteiger partial charge in [-0.3, -0.25) is 10.1 Å². The van der Waals surface area contributed by atoms with Crippen LogP contribution in [0.25, 0.3) is 0 Å². The Bertz CT molecular complexity index is 494. The maximum Gasteiger partial charge on any atom is 0.238 e. The second-order valence-electron chi connectivity index (χ2n) is 4.95. The zero-order valence-electron chi connectivity index (χ0n) is 11.0. The summed E-state index contributed by atoms with van der Waals surface area (Å²) in [4.78, 5) is 14.1. The Kier molecular flexibility index (Phi) is 4.81. The number of carbonyl (C=O) groups is 1. The molecule has 1 N–H and O–H groups in total. The quantitative estimate of drug-likeness (QED) is 0.924. The predicted octanol–water partition coefficient (Wildman–Crippen LogP) is 2.62. The summed E-state index contributed by atoms with van der Waals surface area (Å²) in [5.74, 6) is 3.74. The largest absolute Gasteiger partial charge is 0.321 e. The summed E-state index contributed by atoms with van der Waals surface area (Å²) >= 11 is 10.0. The van der Waals surface area contributed by atoms with Crippen molar-refractivity contribution in [2.75, 3.05) is 30.3 Å². The Morgan fingerprint density at radius 3 is 3.05 bits per heavy atom. The molecule has 2 aliphatic rings. The van der Waals surface area contributed by atoms with Crippen LogP contribution in [0, 0.1) is 0 Å². The van der Waals surface area contributed by atoms with Crippen molar-refractivity contribution in [3.05, 3.63) is 34.9 Å². The molecule has 108 valence electrons. The molecule has 2 fully saturated rings. The van der Waals surface area contributed by atoms with E-state index >= 15 is 0 Å². The van der Waals surface area contributed by atoms with E-state index in [1.807, 2.05) is 52.7 Å². The third kappa shape index (κ3) is 3.27. The lowest BCUT2D eigenvalue weighted by Crippen LogP contribution is -2.37. The molecule has 2 atom stereocenters. The van der Waals surface area contributed by atoms with E-state index < -0.39 is 0 Å². The van der Waals surface area contributed by atoms with Gasteiger partial charge in [0.25, 0.3) is 0 Å². The summed E-state index contributed by atoms with van der Waals surface area (Å²) < 4.78 is 0. The molecule has 1 aromatic carbocycles. The van der Waals surface area contributed by atoms with Gasteiger partial charge in [0.15, 0.2) is 0 Å². The molecule has 1 aromatic rings. The third-order valence-corrected chi connectivity index (χ3v) is 6.59. The zero-order valence-corrected chi connectivity index (χ0v) is 13.4. The summed E-state index contributed by atoms with van der Waals surface area (Å²) in [6.45, 7) is 1.24. The van der Waals surface area contributed by atoms with E-state index in [1.54, 1.807) is 0 Å². The average Bonchev–Trinajstić information content (AvgIpc) is 2.82. The van der Waals surface area contributed by atoms with Crippen LogP contribution in [0.15, 0.2) is 24.3 Å². The van der Waals surface area contributed by atoms with Crippen molar-refractivity contribution in [1.29, 1.82) is 0 Å². The molecule has 6 heteroatoms. The number of rotatable bonds is 3. The lowest BCUT2D eigenvalue weighted by Gasteiger charge is -2.30. The van der Waals surface area contributed by atoms with Crippen LogP contribution < -0.4 is 5.32 Å². The van der Waals surface area contributed by atoms with E-state index in [0.29, 0.717) is 16.8 Å². The van der Waals surface area contributed by atoms with Crippen LogP contribution in [-0.2, 0) is 4.79 Å². The van der Waals surface area contributed by atoms with E-state index in [4.69, 9.17) is 11.6 Å². The Hall–Kier alpha value is -0.360. The van der Waals surface area contributed by atoms with Gasteiger partial charge in [0, 0.05) is 34.1 Å². The molecule has 0 aromatic heterocycles. The number of nitrogens with zero attached hydrogens (tertiary/aromatic N) is 1. The Labute approximate surface area is 132 Å². The minimum absolute atomic E-state index is 0.0336. The first-order chi connectivity index (χ1) is 9.74. The van der Waals surface area contributed by atoms with Gasteiger partial charge in [0.1, 0.15) is 6.17 Å². The number of thioether (sulfide) groups is 2. The van der Waals surface area contributed by atoms with Gasteiger partial charge in [0.05, 0.1) is 6.54 Å². The summed E-state index contributed by atoms with van der Waals surface area (Å²) in [5.41, 5.74) is 1.07. The van der Waals surface area contributed by atoms with Gasteiger partial charge in [-0.15, -0.1) is 0 Å². The molecule has 2 heterocycles. The van der Waals surface area contributed by atoms with Crippen LogP contribution >= 0.6 is 35.1 Å². The molecule has 2 unspecified atom stereocenters. The summed E-state index contributed by atoms with van der Waals surface area (Å²) in [6, 6.07) is 7.76. The minimum atomic E-state index is -0.0336. The SMILES string of the molecule is O=C1CNC(c2cccc(Cl)c2)N1CC1CSCCS1. The van der Waals surface area contributed by atoms with Gasteiger partial charge in [-0.2, -0.15) is 23.5 Å². The molecule has 2 saturated heterocycles. The number of hydrogen-bond acceptors (Lipinski definition) is 4. The predicted molar refractivity (Wildman–Crippen MR) is 87.5 cm³/mol. The van der Waals surface area contributed by atoms with Crippen molar-refractivity contribution < 1.29 is 4.79 Å². The number of carbonyl (C=O) groups excluding carboxylic acids is 1.